The van der Waals surface area contributed by atoms with E-state index in [9.17, 15) is 14.4 Å². The number of carbonyl (C=O) groups excluding carboxylic acids is 3. The number of benzene rings is 1. The molecule has 140 valence electrons. The van der Waals surface area contributed by atoms with Gasteiger partial charge < -0.3 is 25.6 Å². The lowest BCUT2D eigenvalue weighted by atomic mass is 9.91. The normalized spacial score (nSPS) is 17.8. The molecular formula is C18H24N4O4. The van der Waals surface area contributed by atoms with Gasteiger partial charge in [-0.2, -0.15) is 0 Å². The van der Waals surface area contributed by atoms with Crippen LogP contribution in [0.5, 0.6) is 0 Å². The molecule has 2 heterocycles. The number of urea groups is 1. The molecule has 1 spiro atoms. The highest BCUT2D eigenvalue weighted by Gasteiger charge is 2.41. The SMILES string of the molecule is CCOC(=O)CNC(=O)N1CCC2(CC1)NC(=O)c1cccc(C)c1N2. The number of anilines is 1. The fraction of sp³-hybridized carbons (Fsp3) is 0.500. The Labute approximate surface area is 152 Å². The van der Waals surface area contributed by atoms with Crippen LogP contribution in [-0.2, 0) is 9.53 Å². The number of hydrogen-bond acceptors (Lipinski definition) is 5. The van der Waals surface area contributed by atoms with Crippen molar-refractivity contribution in [2.75, 3.05) is 31.6 Å². The first kappa shape index (κ1) is 18.0. The predicted molar refractivity (Wildman–Crippen MR) is 95.8 cm³/mol. The van der Waals surface area contributed by atoms with Gasteiger partial charge in [-0.05, 0) is 25.5 Å². The van der Waals surface area contributed by atoms with Gasteiger partial charge in [-0.1, -0.05) is 12.1 Å². The predicted octanol–water partition coefficient (Wildman–Crippen LogP) is 1.22. The topological polar surface area (TPSA) is 99.8 Å². The maximum Gasteiger partial charge on any atom is 0.325 e. The molecule has 0 radical (unpaired) electrons. The molecule has 8 nitrogen and oxygen atoms in total. The molecule has 3 amide bonds. The van der Waals surface area contributed by atoms with Crippen molar-refractivity contribution >= 4 is 23.6 Å². The molecular weight excluding hydrogens is 336 g/mol. The Morgan fingerprint density at radius 1 is 1.27 bits per heavy atom. The number of likely N-dealkylation sites (tertiary alicyclic amines) is 1. The summed E-state index contributed by atoms with van der Waals surface area (Å²) in [4.78, 5) is 37.7. The van der Waals surface area contributed by atoms with Gasteiger partial charge in [0.2, 0.25) is 0 Å². The van der Waals surface area contributed by atoms with Crippen LogP contribution in [0.2, 0.25) is 0 Å². The van der Waals surface area contributed by atoms with Gasteiger partial charge in [-0.15, -0.1) is 0 Å². The molecule has 0 atom stereocenters. The Kier molecular flexibility index (Phi) is 5.01. The van der Waals surface area contributed by atoms with Crippen molar-refractivity contribution in [3.8, 4) is 0 Å². The monoisotopic (exact) mass is 360 g/mol. The van der Waals surface area contributed by atoms with Crippen LogP contribution in [0.15, 0.2) is 18.2 Å². The number of ether oxygens (including phenoxy) is 1. The summed E-state index contributed by atoms with van der Waals surface area (Å²) in [5, 5.41) is 9.10. The van der Waals surface area contributed by atoms with E-state index in [-0.39, 0.29) is 25.1 Å². The average molecular weight is 360 g/mol. The summed E-state index contributed by atoms with van der Waals surface area (Å²) < 4.78 is 4.80. The van der Waals surface area contributed by atoms with Crippen LogP contribution in [0.1, 0.15) is 35.7 Å². The van der Waals surface area contributed by atoms with Crippen LogP contribution in [0, 0.1) is 6.92 Å². The van der Waals surface area contributed by atoms with Gasteiger partial charge in [0.25, 0.3) is 5.91 Å². The number of amides is 3. The first-order valence-electron chi connectivity index (χ1n) is 8.83. The lowest BCUT2D eigenvalue weighted by Gasteiger charge is -2.46. The zero-order valence-electron chi connectivity index (χ0n) is 15.1. The lowest BCUT2D eigenvalue weighted by Crippen LogP contribution is -2.63. The number of para-hydroxylation sites is 1. The highest BCUT2D eigenvalue weighted by atomic mass is 16.5. The summed E-state index contributed by atoms with van der Waals surface area (Å²) in [5.74, 6) is -0.551. The fourth-order valence-corrected chi connectivity index (χ4v) is 3.39. The van der Waals surface area contributed by atoms with E-state index in [1.165, 1.54) is 0 Å². The highest BCUT2D eigenvalue weighted by molar-refractivity contribution is 6.02. The molecule has 3 rings (SSSR count). The number of piperidine rings is 1. The number of esters is 1. The summed E-state index contributed by atoms with van der Waals surface area (Å²) in [6.45, 7) is 4.78. The van der Waals surface area contributed by atoms with Crippen LogP contribution in [-0.4, -0.2) is 54.7 Å². The minimum atomic E-state index is -0.548. The maximum absolute atomic E-state index is 12.5. The second-order valence-electron chi connectivity index (χ2n) is 6.61. The van der Waals surface area contributed by atoms with E-state index in [2.05, 4.69) is 16.0 Å². The van der Waals surface area contributed by atoms with Crippen LogP contribution in [0.4, 0.5) is 10.5 Å². The number of aryl methyl sites for hydroxylation is 1. The van der Waals surface area contributed by atoms with Gasteiger partial charge >= 0.3 is 12.0 Å². The molecule has 0 aliphatic carbocycles. The first-order valence-corrected chi connectivity index (χ1v) is 8.83. The molecule has 1 aromatic rings. The Balaban J connectivity index is 1.60. The third-order valence-electron chi connectivity index (χ3n) is 4.83. The highest BCUT2D eigenvalue weighted by Crippen LogP contribution is 2.33. The summed E-state index contributed by atoms with van der Waals surface area (Å²) in [5.41, 5.74) is 1.97. The van der Waals surface area contributed by atoms with E-state index in [1.54, 1.807) is 17.9 Å². The summed E-state index contributed by atoms with van der Waals surface area (Å²) in [6.07, 6.45) is 1.17. The number of rotatable bonds is 3. The lowest BCUT2D eigenvalue weighted by molar-refractivity contribution is -0.141. The Morgan fingerprint density at radius 2 is 2.00 bits per heavy atom. The third kappa shape index (κ3) is 3.58. The summed E-state index contributed by atoms with van der Waals surface area (Å²) in [7, 11) is 0. The van der Waals surface area contributed by atoms with Gasteiger partial charge in [0.1, 0.15) is 12.2 Å². The molecule has 26 heavy (non-hydrogen) atoms. The number of nitrogens with one attached hydrogen (secondary N) is 3. The zero-order chi connectivity index (χ0) is 18.7. The fourth-order valence-electron chi connectivity index (χ4n) is 3.39. The number of hydrogen-bond donors (Lipinski definition) is 3. The molecule has 0 saturated carbocycles. The molecule has 3 N–H and O–H groups in total. The first-order chi connectivity index (χ1) is 12.4. The number of nitrogens with zero attached hydrogens (tertiary/aromatic N) is 1. The molecule has 1 saturated heterocycles. The number of fused-ring (bicyclic) bond motifs is 1. The van der Waals surface area contributed by atoms with Crippen molar-refractivity contribution < 1.29 is 19.1 Å². The average Bonchev–Trinajstić information content (AvgIpc) is 2.62. The molecule has 0 unspecified atom stereocenters. The van der Waals surface area contributed by atoms with E-state index in [4.69, 9.17) is 4.74 Å². The van der Waals surface area contributed by atoms with E-state index in [1.807, 2.05) is 19.1 Å². The van der Waals surface area contributed by atoms with Crippen molar-refractivity contribution in [1.29, 1.82) is 0 Å². The minimum Gasteiger partial charge on any atom is -0.465 e. The van der Waals surface area contributed by atoms with Gasteiger partial charge in [0.05, 0.1) is 17.9 Å². The Hall–Kier alpha value is -2.77. The minimum absolute atomic E-state index is 0.0948. The quantitative estimate of drug-likeness (QED) is 0.704. The smallest absolute Gasteiger partial charge is 0.325 e. The largest absolute Gasteiger partial charge is 0.465 e. The van der Waals surface area contributed by atoms with E-state index in [0.717, 1.165) is 11.3 Å². The van der Waals surface area contributed by atoms with Crippen molar-refractivity contribution in [1.82, 2.24) is 15.5 Å². The molecule has 1 aromatic carbocycles. The van der Waals surface area contributed by atoms with Crippen LogP contribution in [0.3, 0.4) is 0 Å². The Bertz CT molecular complexity index is 726. The second-order valence-corrected chi connectivity index (χ2v) is 6.61. The van der Waals surface area contributed by atoms with Crippen LogP contribution in [0.25, 0.3) is 0 Å². The van der Waals surface area contributed by atoms with Crippen molar-refractivity contribution in [3.05, 3.63) is 29.3 Å². The molecule has 2 aliphatic heterocycles. The van der Waals surface area contributed by atoms with Gasteiger partial charge in [-0.3, -0.25) is 9.59 Å². The zero-order valence-corrected chi connectivity index (χ0v) is 15.1. The van der Waals surface area contributed by atoms with Crippen LogP contribution >= 0.6 is 0 Å². The molecule has 0 aromatic heterocycles. The van der Waals surface area contributed by atoms with E-state index >= 15 is 0 Å². The molecule has 8 heteroatoms. The molecule has 0 bridgehead atoms. The van der Waals surface area contributed by atoms with Gasteiger partial charge in [0, 0.05) is 25.9 Å². The second kappa shape index (κ2) is 7.23. The third-order valence-corrected chi connectivity index (χ3v) is 4.83. The Morgan fingerprint density at radius 3 is 2.69 bits per heavy atom. The molecule has 1 fully saturated rings. The standard InChI is InChI=1S/C18H24N4O4/c1-3-26-14(23)11-19-17(25)22-9-7-18(8-10-22)20-15-12(2)5-4-6-13(15)16(24)21-18/h4-6,20H,3,7-11H2,1-2H3,(H,19,25)(H,21,24). The molecule has 2 aliphatic rings. The number of carbonyl (C=O) groups is 3. The van der Waals surface area contributed by atoms with Crippen molar-refractivity contribution in [2.45, 2.75) is 32.4 Å². The van der Waals surface area contributed by atoms with Crippen LogP contribution < -0.4 is 16.0 Å². The summed E-state index contributed by atoms with van der Waals surface area (Å²) in [6, 6.07) is 5.33. The van der Waals surface area contributed by atoms with E-state index < -0.39 is 11.6 Å². The van der Waals surface area contributed by atoms with Crippen molar-refractivity contribution in [2.24, 2.45) is 0 Å². The summed E-state index contributed by atoms with van der Waals surface area (Å²) >= 11 is 0. The van der Waals surface area contributed by atoms with Crippen molar-refractivity contribution in [3.63, 3.8) is 0 Å². The van der Waals surface area contributed by atoms with E-state index in [0.29, 0.717) is 31.5 Å². The van der Waals surface area contributed by atoms with Gasteiger partial charge in [0.15, 0.2) is 0 Å². The maximum atomic E-state index is 12.5. The van der Waals surface area contributed by atoms with Gasteiger partial charge in [-0.25, -0.2) is 4.79 Å².